The van der Waals surface area contributed by atoms with E-state index in [0.717, 1.165) is 13.1 Å². The lowest BCUT2D eigenvalue weighted by molar-refractivity contribution is -0.140. The monoisotopic (exact) mass is 191 g/mol. The lowest BCUT2D eigenvalue weighted by Gasteiger charge is -2.26. The summed E-state index contributed by atoms with van der Waals surface area (Å²) in [5.74, 6) is -1.09. The highest BCUT2D eigenvalue weighted by atomic mass is 19.1. The largest absolute Gasteiger partial charge is 0.481 e. The van der Waals surface area contributed by atoms with Crippen molar-refractivity contribution >= 4 is 5.97 Å². The summed E-state index contributed by atoms with van der Waals surface area (Å²) in [6.07, 6.45) is -0.427. The zero-order chi connectivity index (χ0) is 10.5. The molecule has 0 amide bonds. The molecule has 1 N–H and O–H groups in total. The molecule has 0 aromatic rings. The molecule has 0 saturated heterocycles. The number of halogens is 1. The van der Waals surface area contributed by atoms with Gasteiger partial charge in [-0.05, 0) is 20.0 Å². The van der Waals surface area contributed by atoms with E-state index in [2.05, 4.69) is 0 Å². The van der Waals surface area contributed by atoms with Gasteiger partial charge in [0.25, 0.3) is 0 Å². The van der Waals surface area contributed by atoms with Crippen LogP contribution >= 0.6 is 0 Å². The van der Waals surface area contributed by atoms with Gasteiger partial charge >= 0.3 is 5.97 Å². The number of rotatable bonds is 6. The molecule has 0 aliphatic rings. The Hall–Kier alpha value is -0.640. The smallest absolute Gasteiger partial charge is 0.306 e. The Morgan fingerprint density at radius 3 is 2.23 bits per heavy atom. The Bertz CT molecular complexity index is 167. The summed E-state index contributed by atoms with van der Waals surface area (Å²) < 4.78 is 13.5. The minimum absolute atomic E-state index is 0.187. The zero-order valence-corrected chi connectivity index (χ0v) is 8.51. The lowest BCUT2D eigenvalue weighted by Crippen LogP contribution is -2.39. The minimum atomic E-state index is -1.63. The second-order valence-corrected chi connectivity index (χ2v) is 3.45. The molecule has 0 spiro atoms. The molecule has 0 aromatic carbocycles. The maximum absolute atomic E-state index is 13.5. The number of aliphatic carboxylic acids is 1. The van der Waals surface area contributed by atoms with Crippen molar-refractivity contribution in [3.8, 4) is 0 Å². The summed E-state index contributed by atoms with van der Waals surface area (Å²) in [6.45, 7) is 6.87. The van der Waals surface area contributed by atoms with Crippen molar-refractivity contribution in [2.45, 2.75) is 32.9 Å². The van der Waals surface area contributed by atoms with Crippen LogP contribution in [0, 0.1) is 0 Å². The Morgan fingerprint density at radius 1 is 1.46 bits per heavy atom. The van der Waals surface area contributed by atoms with E-state index in [1.165, 1.54) is 6.92 Å². The normalized spacial score (nSPS) is 15.8. The highest BCUT2D eigenvalue weighted by Crippen LogP contribution is 2.16. The number of carboxylic acids is 1. The SMILES string of the molecule is CCN(CC)CC(C)(F)CC(=O)O. The minimum Gasteiger partial charge on any atom is -0.481 e. The molecule has 3 nitrogen and oxygen atoms in total. The number of hydrogen-bond acceptors (Lipinski definition) is 2. The molecule has 0 heterocycles. The Kier molecular flexibility index (Phi) is 4.91. The maximum Gasteiger partial charge on any atom is 0.306 e. The number of carbonyl (C=O) groups is 1. The third kappa shape index (κ3) is 5.58. The van der Waals surface area contributed by atoms with Crippen molar-refractivity contribution in [3.63, 3.8) is 0 Å². The fourth-order valence-electron chi connectivity index (χ4n) is 1.28. The van der Waals surface area contributed by atoms with Crippen LogP contribution < -0.4 is 0 Å². The van der Waals surface area contributed by atoms with Gasteiger partial charge in [0.1, 0.15) is 5.67 Å². The van der Waals surface area contributed by atoms with Crippen LogP contribution in [0.25, 0.3) is 0 Å². The molecule has 4 heteroatoms. The van der Waals surface area contributed by atoms with Gasteiger partial charge in [-0.15, -0.1) is 0 Å². The Balaban J connectivity index is 4.05. The first-order valence-electron chi connectivity index (χ1n) is 4.54. The zero-order valence-electron chi connectivity index (χ0n) is 8.51. The predicted molar refractivity (Wildman–Crippen MR) is 49.6 cm³/mol. The topological polar surface area (TPSA) is 40.5 Å². The lowest BCUT2D eigenvalue weighted by atomic mass is 10.0. The molecule has 0 aliphatic carbocycles. The van der Waals surface area contributed by atoms with Gasteiger partial charge in [-0.3, -0.25) is 4.79 Å². The average Bonchev–Trinajstić information content (AvgIpc) is 1.97. The second-order valence-electron chi connectivity index (χ2n) is 3.45. The molecule has 0 rings (SSSR count). The van der Waals surface area contributed by atoms with Gasteiger partial charge < -0.3 is 10.0 Å². The molecule has 0 bridgehead atoms. The summed E-state index contributed by atoms with van der Waals surface area (Å²) in [7, 11) is 0. The third-order valence-corrected chi connectivity index (χ3v) is 1.97. The molecule has 78 valence electrons. The summed E-state index contributed by atoms with van der Waals surface area (Å²) in [5, 5.41) is 8.45. The molecular weight excluding hydrogens is 173 g/mol. The first kappa shape index (κ1) is 12.4. The van der Waals surface area contributed by atoms with E-state index in [9.17, 15) is 9.18 Å². The van der Waals surface area contributed by atoms with Crippen LogP contribution in [0.4, 0.5) is 4.39 Å². The van der Waals surface area contributed by atoms with Crippen LogP contribution in [0.2, 0.25) is 0 Å². The van der Waals surface area contributed by atoms with Gasteiger partial charge in [0, 0.05) is 6.54 Å². The maximum atomic E-state index is 13.5. The molecule has 0 aliphatic heterocycles. The van der Waals surface area contributed by atoms with Crippen molar-refractivity contribution in [2.75, 3.05) is 19.6 Å². The molecule has 0 radical (unpaired) electrons. The number of hydrogen-bond donors (Lipinski definition) is 1. The van der Waals surface area contributed by atoms with Gasteiger partial charge in [0.15, 0.2) is 0 Å². The molecule has 0 saturated carbocycles. The van der Waals surface area contributed by atoms with Gasteiger partial charge in [-0.2, -0.15) is 0 Å². The van der Waals surface area contributed by atoms with Crippen LogP contribution in [0.5, 0.6) is 0 Å². The highest BCUT2D eigenvalue weighted by molar-refractivity contribution is 5.68. The quantitative estimate of drug-likeness (QED) is 0.692. The Labute approximate surface area is 78.5 Å². The van der Waals surface area contributed by atoms with Crippen molar-refractivity contribution < 1.29 is 14.3 Å². The second kappa shape index (κ2) is 5.17. The third-order valence-electron chi connectivity index (χ3n) is 1.97. The van der Waals surface area contributed by atoms with E-state index in [1.807, 2.05) is 18.7 Å². The van der Waals surface area contributed by atoms with Crippen LogP contribution in [-0.4, -0.2) is 41.3 Å². The highest BCUT2D eigenvalue weighted by Gasteiger charge is 2.28. The number of nitrogens with zero attached hydrogens (tertiary/aromatic N) is 1. The Morgan fingerprint density at radius 2 is 1.92 bits per heavy atom. The van der Waals surface area contributed by atoms with E-state index in [4.69, 9.17) is 5.11 Å². The van der Waals surface area contributed by atoms with Gasteiger partial charge in [0.05, 0.1) is 6.42 Å². The van der Waals surface area contributed by atoms with Gasteiger partial charge in [-0.1, -0.05) is 13.8 Å². The molecule has 1 unspecified atom stereocenters. The standard InChI is InChI=1S/C9H18FNO2/c1-4-11(5-2)7-9(3,10)6-8(12)13/h4-7H2,1-3H3,(H,12,13). The fraction of sp³-hybridized carbons (Fsp3) is 0.889. The number of carboxylic acid groups (broad SMARTS) is 1. The average molecular weight is 191 g/mol. The molecule has 1 atom stereocenters. The van der Waals surface area contributed by atoms with E-state index in [1.54, 1.807) is 0 Å². The molecule has 0 aromatic heterocycles. The summed E-state index contributed by atoms with van der Waals surface area (Å²) in [5.41, 5.74) is -1.63. The molecular formula is C9H18FNO2. The van der Waals surface area contributed by atoms with Gasteiger partial charge in [-0.25, -0.2) is 4.39 Å². The summed E-state index contributed by atoms with van der Waals surface area (Å²) in [6, 6.07) is 0. The van der Waals surface area contributed by atoms with Crippen LogP contribution in [0.1, 0.15) is 27.2 Å². The first-order chi connectivity index (χ1) is 5.91. The molecule has 13 heavy (non-hydrogen) atoms. The molecule has 0 fully saturated rings. The predicted octanol–water partition coefficient (Wildman–Crippen LogP) is 1.53. The summed E-state index contributed by atoms with van der Waals surface area (Å²) in [4.78, 5) is 12.2. The summed E-state index contributed by atoms with van der Waals surface area (Å²) >= 11 is 0. The van der Waals surface area contributed by atoms with Crippen molar-refractivity contribution in [3.05, 3.63) is 0 Å². The first-order valence-corrected chi connectivity index (χ1v) is 4.54. The van der Waals surface area contributed by atoms with Crippen molar-refractivity contribution in [1.29, 1.82) is 0 Å². The van der Waals surface area contributed by atoms with E-state index >= 15 is 0 Å². The van der Waals surface area contributed by atoms with E-state index in [0.29, 0.717) is 0 Å². The van der Waals surface area contributed by atoms with Crippen LogP contribution in [-0.2, 0) is 4.79 Å². The van der Waals surface area contributed by atoms with Gasteiger partial charge in [0.2, 0.25) is 0 Å². The number of alkyl halides is 1. The van der Waals surface area contributed by atoms with Crippen molar-refractivity contribution in [2.24, 2.45) is 0 Å². The fourth-order valence-corrected chi connectivity index (χ4v) is 1.28. The van der Waals surface area contributed by atoms with E-state index < -0.39 is 18.1 Å². The van der Waals surface area contributed by atoms with E-state index in [-0.39, 0.29) is 6.54 Å². The van der Waals surface area contributed by atoms with Crippen molar-refractivity contribution in [1.82, 2.24) is 4.90 Å². The van der Waals surface area contributed by atoms with Crippen LogP contribution in [0.3, 0.4) is 0 Å². The van der Waals surface area contributed by atoms with Crippen LogP contribution in [0.15, 0.2) is 0 Å².